The smallest absolute Gasteiger partial charge is 0.0800 e. The van der Waals surface area contributed by atoms with E-state index in [4.69, 9.17) is 5.10 Å². The Hall–Kier alpha value is -0.350. The predicted octanol–water partition coefficient (Wildman–Crippen LogP) is 2.06. The van der Waals surface area contributed by atoms with Crippen molar-refractivity contribution < 1.29 is 0 Å². The van der Waals surface area contributed by atoms with Gasteiger partial charge in [-0.25, -0.2) is 0 Å². The first-order valence-electron chi connectivity index (χ1n) is 5.82. The molecule has 82 valence electrons. The summed E-state index contributed by atoms with van der Waals surface area (Å²) in [6, 6.07) is 0. The fourth-order valence-electron chi connectivity index (χ4n) is 2.38. The number of hydrogen-bond donors (Lipinski definition) is 1. The second-order valence-electron chi connectivity index (χ2n) is 4.50. The molecule has 1 aromatic rings. The van der Waals surface area contributed by atoms with Crippen LogP contribution in [0.4, 0.5) is 0 Å². The minimum atomic E-state index is 0.728. The lowest BCUT2D eigenvalue weighted by Crippen LogP contribution is -2.18. The molecular weight excluding hydrogens is 254 g/mol. The molecule has 0 saturated heterocycles. The van der Waals surface area contributed by atoms with E-state index in [0.717, 1.165) is 32.0 Å². The Morgan fingerprint density at radius 3 is 2.93 bits per heavy atom. The van der Waals surface area contributed by atoms with E-state index in [1.165, 1.54) is 35.1 Å². The van der Waals surface area contributed by atoms with Gasteiger partial charge in [0.25, 0.3) is 0 Å². The van der Waals surface area contributed by atoms with Gasteiger partial charge in [0.2, 0.25) is 0 Å². The topological polar surface area (TPSA) is 29.9 Å². The molecule has 1 N–H and O–H groups in total. The van der Waals surface area contributed by atoms with E-state index >= 15 is 0 Å². The Balaban J connectivity index is 1.96. The van der Waals surface area contributed by atoms with Crippen molar-refractivity contribution in [3.8, 4) is 0 Å². The zero-order chi connectivity index (χ0) is 10.3. The number of hydrogen-bond acceptors (Lipinski definition) is 2. The van der Waals surface area contributed by atoms with E-state index in [1.54, 1.807) is 0 Å². The highest BCUT2D eigenvalue weighted by molar-refractivity contribution is 9.10. The normalized spacial score (nSPS) is 21.9. The zero-order valence-electron chi connectivity index (χ0n) is 8.80. The van der Waals surface area contributed by atoms with Gasteiger partial charge in [-0.3, -0.25) is 4.68 Å². The molecule has 3 rings (SSSR count). The first-order valence-corrected chi connectivity index (χ1v) is 6.61. The monoisotopic (exact) mass is 269 g/mol. The minimum Gasteiger partial charge on any atom is -0.315 e. The SMILES string of the molecule is Brc1c(C2CCC2)nn2c1CCNCC2. The van der Waals surface area contributed by atoms with Gasteiger partial charge in [-0.2, -0.15) is 5.10 Å². The fraction of sp³-hybridized carbons (Fsp3) is 0.727. The van der Waals surface area contributed by atoms with Crippen molar-refractivity contribution in [2.45, 2.75) is 38.1 Å². The van der Waals surface area contributed by atoms with Crippen LogP contribution in [0.2, 0.25) is 0 Å². The second kappa shape index (κ2) is 3.91. The van der Waals surface area contributed by atoms with E-state index in [-0.39, 0.29) is 0 Å². The highest BCUT2D eigenvalue weighted by atomic mass is 79.9. The summed E-state index contributed by atoms with van der Waals surface area (Å²) < 4.78 is 3.48. The number of nitrogens with one attached hydrogen (secondary N) is 1. The molecular formula is C11H16BrN3. The van der Waals surface area contributed by atoms with Crippen molar-refractivity contribution in [2.75, 3.05) is 13.1 Å². The highest BCUT2D eigenvalue weighted by Gasteiger charge is 2.27. The van der Waals surface area contributed by atoms with Crippen LogP contribution in [0.15, 0.2) is 4.47 Å². The summed E-state index contributed by atoms with van der Waals surface area (Å²) in [6.45, 7) is 3.14. The summed E-state index contributed by atoms with van der Waals surface area (Å²) in [5.41, 5.74) is 2.71. The standard InChI is InChI=1S/C11H16BrN3/c12-10-9-4-5-13-6-7-15(9)14-11(10)8-2-1-3-8/h8,13H,1-7H2. The Morgan fingerprint density at radius 1 is 1.33 bits per heavy atom. The predicted molar refractivity (Wildman–Crippen MR) is 63.1 cm³/mol. The third-order valence-electron chi connectivity index (χ3n) is 3.55. The second-order valence-corrected chi connectivity index (χ2v) is 5.29. The lowest BCUT2D eigenvalue weighted by molar-refractivity contribution is 0.404. The Morgan fingerprint density at radius 2 is 2.20 bits per heavy atom. The molecule has 3 nitrogen and oxygen atoms in total. The maximum Gasteiger partial charge on any atom is 0.0800 e. The van der Waals surface area contributed by atoms with Gasteiger partial charge < -0.3 is 5.32 Å². The van der Waals surface area contributed by atoms with Crippen molar-refractivity contribution in [2.24, 2.45) is 0 Å². The van der Waals surface area contributed by atoms with Crippen molar-refractivity contribution in [3.05, 3.63) is 15.9 Å². The molecule has 0 spiro atoms. The molecule has 0 radical (unpaired) electrons. The van der Waals surface area contributed by atoms with Crippen molar-refractivity contribution in [1.82, 2.24) is 15.1 Å². The van der Waals surface area contributed by atoms with Gasteiger partial charge in [-0.05, 0) is 28.8 Å². The van der Waals surface area contributed by atoms with E-state index in [1.807, 2.05) is 0 Å². The van der Waals surface area contributed by atoms with Gasteiger partial charge in [-0.1, -0.05) is 6.42 Å². The summed E-state index contributed by atoms with van der Waals surface area (Å²) >= 11 is 3.74. The third-order valence-corrected chi connectivity index (χ3v) is 4.41. The van der Waals surface area contributed by atoms with Crippen LogP contribution >= 0.6 is 15.9 Å². The van der Waals surface area contributed by atoms with Crippen molar-refractivity contribution >= 4 is 15.9 Å². The van der Waals surface area contributed by atoms with Crippen LogP contribution < -0.4 is 5.32 Å². The molecule has 0 amide bonds. The quantitative estimate of drug-likeness (QED) is 0.846. The molecule has 1 saturated carbocycles. The number of fused-ring (bicyclic) bond motifs is 1. The summed E-state index contributed by atoms with van der Waals surface area (Å²) in [7, 11) is 0. The van der Waals surface area contributed by atoms with E-state index in [0.29, 0.717) is 0 Å². The molecule has 0 bridgehead atoms. The van der Waals surface area contributed by atoms with Crippen molar-refractivity contribution in [3.63, 3.8) is 0 Å². The first-order chi connectivity index (χ1) is 7.36. The average Bonchev–Trinajstić information content (AvgIpc) is 2.39. The fourth-order valence-corrected chi connectivity index (χ4v) is 3.18. The van der Waals surface area contributed by atoms with E-state index in [2.05, 4.69) is 25.9 Å². The molecule has 2 heterocycles. The van der Waals surface area contributed by atoms with Gasteiger partial charge in [0.15, 0.2) is 0 Å². The zero-order valence-corrected chi connectivity index (χ0v) is 10.4. The lowest BCUT2D eigenvalue weighted by Gasteiger charge is -2.23. The first kappa shape index (κ1) is 9.85. The van der Waals surface area contributed by atoms with Gasteiger partial charge in [0.1, 0.15) is 0 Å². The Kier molecular flexibility index (Phi) is 2.56. The summed E-state index contributed by atoms with van der Waals surface area (Å²) in [4.78, 5) is 0. The van der Waals surface area contributed by atoms with Crippen LogP contribution in [0, 0.1) is 0 Å². The Bertz CT molecular complexity index is 368. The molecule has 0 atom stereocenters. The molecule has 1 fully saturated rings. The summed E-state index contributed by atoms with van der Waals surface area (Å²) in [5, 5.41) is 8.16. The van der Waals surface area contributed by atoms with Crippen LogP contribution in [0.25, 0.3) is 0 Å². The van der Waals surface area contributed by atoms with Gasteiger partial charge in [0, 0.05) is 25.4 Å². The Labute approximate surface area is 98.4 Å². The molecule has 1 aliphatic heterocycles. The van der Waals surface area contributed by atoms with Crippen LogP contribution in [0.5, 0.6) is 0 Å². The summed E-state index contributed by atoms with van der Waals surface area (Å²) in [6.07, 6.45) is 5.13. The van der Waals surface area contributed by atoms with Gasteiger partial charge in [-0.15, -0.1) is 0 Å². The van der Waals surface area contributed by atoms with E-state index < -0.39 is 0 Å². The number of rotatable bonds is 1. The molecule has 1 aromatic heterocycles. The number of nitrogens with zero attached hydrogens (tertiary/aromatic N) is 2. The van der Waals surface area contributed by atoms with Crippen LogP contribution in [0.1, 0.15) is 36.6 Å². The van der Waals surface area contributed by atoms with Gasteiger partial charge in [0.05, 0.1) is 22.4 Å². The molecule has 1 aliphatic carbocycles. The molecule has 15 heavy (non-hydrogen) atoms. The van der Waals surface area contributed by atoms with Crippen molar-refractivity contribution in [1.29, 1.82) is 0 Å². The van der Waals surface area contributed by atoms with Crippen LogP contribution in [-0.4, -0.2) is 22.9 Å². The van der Waals surface area contributed by atoms with Crippen LogP contribution in [0.3, 0.4) is 0 Å². The molecule has 4 heteroatoms. The summed E-state index contributed by atoms with van der Waals surface area (Å²) in [5.74, 6) is 0.728. The van der Waals surface area contributed by atoms with Gasteiger partial charge >= 0.3 is 0 Å². The largest absolute Gasteiger partial charge is 0.315 e. The molecule has 2 aliphatic rings. The lowest BCUT2D eigenvalue weighted by atomic mass is 9.83. The maximum absolute atomic E-state index is 4.76. The van der Waals surface area contributed by atoms with E-state index in [9.17, 15) is 0 Å². The maximum atomic E-state index is 4.76. The highest BCUT2D eigenvalue weighted by Crippen LogP contribution is 2.40. The minimum absolute atomic E-state index is 0.728. The number of aromatic nitrogens is 2. The number of halogens is 1. The molecule has 0 aromatic carbocycles. The van der Waals surface area contributed by atoms with Crippen LogP contribution in [-0.2, 0) is 13.0 Å². The molecule has 0 unspecified atom stereocenters. The average molecular weight is 270 g/mol. The third kappa shape index (κ3) is 1.64.